The monoisotopic (exact) mass is 447 g/mol. The molecule has 1 fully saturated rings. The molecule has 8 heteroatoms. The Labute approximate surface area is 191 Å². The van der Waals surface area contributed by atoms with Crippen molar-refractivity contribution < 1.29 is 19.1 Å². The number of nitrogens with zero attached hydrogens (tertiary/aromatic N) is 2. The zero-order chi connectivity index (χ0) is 23.4. The van der Waals surface area contributed by atoms with Gasteiger partial charge in [-0.15, -0.1) is 0 Å². The number of aromatic amines is 1. The highest BCUT2D eigenvalue weighted by atomic mass is 16.5. The number of carbonyl (C=O) groups is 2. The Morgan fingerprint density at radius 2 is 1.42 bits per heavy atom. The third-order valence-electron chi connectivity index (χ3n) is 5.71. The van der Waals surface area contributed by atoms with E-state index in [9.17, 15) is 14.4 Å². The normalized spacial score (nSPS) is 13.5. The summed E-state index contributed by atoms with van der Waals surface area (Å²) in [7, 11) is 3.06. The van der Waals surface area contributed by atoms with Gasteiger partial charge in [-0.25, -0.2) is 0 Å². The Balaban J connectivity index is 1.42. The van der Waals surface area contributed by atoms with Gasteiger partial charge in [0.15, 0.2) is 11.5 Å². The van der Waals surface area contributed by atoms with Crippen LogP contribution in [0.5, 0.6) is 11.5 Å². The summed E-state index contributed by atoms with van der Waals surface area (Å²) >= 11 is 0. The molecule has 0 spiro atoms. The van der Waals surface area contributed by atoms with Crippen LogP contribution in [0.4, 0.5) is 0 Å². The first-order valence-electron chi connectivity index (χ1n) is 10.6. The maximum atomic E-state index is 12.9. The molecular weight excluding hydrogens is 422 g/mol. The van der Waals surface area contributed by atoms with Gasteiger partial charge in [0.2, 0.25) is 0 Å². The highest BCUT2D eigenvalue weighted by molar-refractivity contribution is 5.96. The molecule has 4 rings (SSSR count). The summed E-state index contributed by atoms with van der Waals surface area (Å²) in [4.78, 5) is 44.5. The summed E-state index contributed by atoms with van der Waals surface area (Å²) in [5.41, 5.74) is 1.68. The Hall–Kier alpha value is -4.07. The highest BCUT2D eigenvalue weighted by Gasteiger charge is 2.27. The van der Waals surface area contributed by atoms with Crippen LogP contribution in [0.2, 0.25) is 0 Å². The van der Waals surface area contributed by atoms with E-state index in [2.05, 4.69) is 4.98 Å². The molecule has 3 aromatic rings. The van der Waals surface area contributed by atoms with E-state index >= 15 is 0 Å². The van der Waals surface area contributed by atoms with Gasteiger partial charge in [-0.2, -0.15) is 0 Å². The van der Waals surface area contributed by atoms with E-state index in [1.54, 1.807) is 40.1 Å². The number of methoxy groups -OCH3 is 2. The van der Waals surface area contributed by atoms with Crippen LogP contribution in [0.15, 0.2) is 65.5 Å². The number of nitrogens with one attached hydrogen (secondary N) is 1. The highest BCUT2D eigenvalue weighted by Crippen LogP contribution is 2.28. The average molecular weight is 447 g/mol. The van der Waals surface area contributed by atoms with Gasteiger partial charge < -0.3 is 24.3 Å². The topological polar surface area (TPSA) is 91.9 Å². The maximum Gasteiger partial charge on any atom is 0.261 e. The molecule has 0 radical (unpaired) electrons. The molecule has 1 N–H and O–H groups in total. The summed E-state index contributed by atoms with van der Waals surface area (Å²) in [6, 6.07) is 17.8. The molecule has 170 valence electrons. The lowest BCUT2D eigenvalue weighted by Gasteiger charge is -2.34. The van der Waals surface area contributed by atoms with Crippen molar-refractivity contribution in [2.75, 3.05) is 40.4 Å². The standard InChI is InChI=1S/C25H25N3O5/c1-32-21-11-8-18(16-22(21)33-2)24(30)27-12-14-28(15-13-27)25(31)19-9-10-20(26-23(19)29)17-6-4-3-5-7-17/h3-11,16H,12-15H2,1-2H3,(H,26,29). The summed E-state index contributed by atoms with van der Waals surface area (Å²) in [6.07, 6.45) is 0. The number of hydrogen-bond acceptors (Lipinski definition) is 5. The SMILES string of the molecule is COc1ccc(C(=O)N2CCN(C(=O)c3ccc(-c4ccccc4)[nH]c3=O)CC2)cc1OC. The predicted molar refractivity (Wildman–Crippen MR) is 124 cm³/mol. The average Bonchev–Trinajstić information content (AvgIpc) is 2.88. The van der Waals surface area contributed by atoms with Gasteiger partial charge in [-0.05, 0) is 35.9 Å². The number of H-pyrrole nitrogens is 1. The van der Waals surface area contributed by atoms with Crippen LogP contribution in [0.1, 0.15) is 20.7 Å². The number of rotatable bonds is 5. The molecule has 33 heavy (non-hydrogen) atoms. The van der Waals surface area contributed by atoms with Crippen molar-refractivity contribution in [2.24, 2.45) is 0 Å². The van der Waals surface area contributed by atoms with Crippen LogP contribution in [0.25, 0.3) is 11.3 Å². The maximum absolute atomic E-state index is 12.9. The Morgan fingerprint density at radius 3 is 2.03 bits per heavy atom. The van der Waals surface area contributed by atoms with Crippen LogP contribution in [-0.2, 0) is 0 Å². The number of ether oxygens (including phenoxy) is 2. The number of amides is 2. The van der Waals surface area contributed by atoms with E-state index in [1.165, 1.54) is 14.2 Å². The predicted octanol–water partition coefficient (Wildman–Crippen LogP) is 2.66. The van der Waals surface area contributed by atoms with Crippen LogP contribution in [0, 0.1) is 0 Å². The Kier molecular flexibility index (Phi) is 6.44. The number of hydrogen-bond donors (Lipinski definition) is 1. The lowest BCUT2D eigenvalue weighted by atomic mass is 10.1. The molecule has 2 amide bonds. The van der Waals surface area contributed by atoms with Gasteiger partial charge in [-0.3, -0.25) is 14.4 Å². The van der Waals surface area contributed by atoms with Crippen LogP contribution in [-0.4, -0.2) is 67.0 Å². The van der Waals surface area contributed by atoms with E-state index in [0.29, 0.717) is 48.9 Å². The number of pyridine rings is 1. The second-order valence-electron chi connectivity index (χ2n) is 7.63. The van der Waals surface area contributed by atoms with Gasteiger partial charge in [0.25, 0.3) is 17.4 Å². The molecular formula is C25H25N3O5. The molecule has 0 aliphatic carbocycles. The Bertz CT molecular complexity index is 1210. The first kappa shape index (κ1) is 22.1. The first-order chi connectivity index (χ1) is 16.0. The van der Waals surface area contributed by atoms with E-state index in [1.807, 2.05) is 30.3 Å². The van der Waals surface area contributed by atoms with Crippen molar-refractivity contribution in [1.29, 1.82) is 0 Å². The van der Waals surface area contributed by atoms with Crippen LogP contribution in [0.3, 0.4) is 0 Å². The van der Waals surface area contributed by atoms with Crippen molar-refractivity contribution in [3.8, 4) is 22.8 Å². The van der Waals surface area contributed by atoms with Crippen molar-refractivity contribution >= 4 is 11.8 Å². The van der Waals surface area contributed by atoms with E-state index in [4.69, 9.17) is 9.47 Å². The summed E-state index contributed by atoms with van der Waals surface area (Å²) in [5, 5.41) is 0. The van der Waals surface area contributed by atoms with Gasteiger partial charge in [0, 0.05) is 37.4 Å². The first-order valence-corrected chi connectivity index (χ1v) is 10.6. The molecule has 0 saturated carbocycles. The van der Waals surface area contributed by atoms with Gasteiger partial charge >= 0.3 is 0 Å². The minimum atomic E-state index is -0.426. The number of piperazine rings is 1. The minimum Gasteiger partial charge on any atom is -0.493 e. The lowest BCUT2D eigenvalue weighted by molar-refractivity contribution is 0.0534. The summed E-state index contributed by atoms with van der Waals surface area (Å²) in [5.74, 6) is 0.547. The fraction of sp³-hybridized carbons (Fsp3) is 0.240. The molecule has 8 nitrogen and oxygen atoms in total. The lowest BCUT2D eigenvalue weighted by Crippen LogP contribution is -2.51. The number of carbonyl (C=O) groups excluding carboxylic acids is 2. The second-order valence-corrected chi connectivity index (χ2v) is 7.63. The van der Waals surface area contributed by atoms with Crippen molar-refractivity contribution in [3.63, 3.8) is 0 Å². The van der Waals surface area contributed by atoms with Crippen LogP contribution >= 0.6 is 0 Å². The van der Waals surface area contributed by atoms with Gasteiger partial charge in [-0.1, -0.05) is 30.3 Å². The molecule has 1 aromatic heterocycles. The van der Waals surface area contributed by atoms with Crippen LogP contribution < -0.4 is 15.0 Å². The number of aromatic nitrogens is 1. The van der Waals surface area contributed by atoms with Gasteiger partial charge in [0.1, 0.15) is 5.56 Å². The minimum absolute atomic E-state index is 0.0920. The molecule has 2 heterocycles. The zero-order valence-electron chi connectivity index (χ0n) is 18.5. The largest absolute Gasteiger partial charge is 0.493 e. The fourth-order valence-electron chi connectivity index (χ4n) is 3.86. The smallest absolute Gasteiger partial charge is 0.261 e. The molecule has 1 aliphatic heterocycles. The van der Waals surface area contributed by atoms with E-state index < -0.39 is 5.56 Å². The Morgan fingerprint density at radius 1 is 0.788 bits per heavy atom. The molecule has 0 unspecified atom stereocenters. The van der Waals surface area contributed by atoms with E-state index in [0.717, 1.165) is 5.56 Å². The number of benzene rings is 2. The zero-order valence-corrected chi connectivity index (χ0v) is 18.5. The summed E-state index contributed by atoms with van der Waals surface area (Å²) in [6.45, 7) is 1.44. The molecule has 1 aliphatic rings. The molecule has 0 atom stereocenters. The molecule has 2 aromatic carbocycles. The third kappa shape index (κ3) is 4.59. The van der Waals surface area contributed by atoms with Crippen molar-refractivity contribution in [3.05, 3.63) is 82.1 Å². The fourth-order valence-corrected chi connectivity index (χ4v) is 3.86. The third-order valence-corrected chi connectivity index (χ3v) is 5.71. The quantitative estimate of drug-likeness (QED) is 0.649. The molecule has 1 saturated heterocycles. The summed E-state index contributed by atoms with van der Waals surface area (Å²) < 4.78 is 10.5. The van der Waals surface area contributed by atoms with Crippen molar-refractivity contribution in [2.45, 2.75) is 0 Å². The van der Waals surface area contributed by atoms with Crippen molar-refractivity contribution in [1.82, 2.24) is 14.8 Å². The van der Waals surface area contributed by atoms with E-state index in [-0.39, 0.29) is 17.4 Å². The second kappa shape index (κ2) is 9.60. The van der Waals surface area contributed by atoms with Gasteiger partial charge in [0.05, 0.1) is 14.2 Å². The molecule has 0 bridgehead atoms.